The molecule has 1 amide bonds. The normalized spacial score (nSPS) is 11.9. The number of amides is 1. The lowest BCUT2D eigenvalue weighted by atomic mass is 10.0. The van der Waals surface area contributed by atoms with Gasteiger partial charge < -0.3 is 10.4 Å². The average molecular weight is 249 g/mol. The lowest BCUT2D eigenvalue weighted by Gasteiger charge is -2.14. The van der Waals surface area contributed by atoms with Crippen molar-refractivity contribution in [2.24, 2.45) is 0 Å². The predicted octanol–water partition coefficient (Wildman–Crippen LogP) is 2.29. The Balaban J connectivity index is 2.86. The Kier molecular flexibility index (Phi) is 4.89. The van der Waals surface area contributed by atoms with Gasteiger partial charge in [-0.25, -0.2) is 4.79 Å². The largest absolute Gasteiger partial charge is 0.480 e. The summed E-state index contributed by atoms with van der Waals surface area (Å²) in [6, 6.07) is 4.74. The Bertz CT molecular complexity index is 454. The van der Waals surface area contributed by atoms with Crippen molar-refractivity contribution in [3.05, 3.63) is 34.9 Å². The van der Waals surface area contributed by atoms with Crippen molar-refractivity contribution >= 4 is 11.9 Å². The molecule has 0 fully saturated rings. The van der Waals surface area contributed by atoms with Crippen LogP contribution in [0.25, 0.3) is 0 Å². The van der Waals surface area contributed by atoms with Gasteiger partial charge in [0.15, 0.2) is 0 Å². The minimum Gasteiger partial charge on any atom is -0.480 e. The van der Waals surface area contributed by atoms with E-state index in [1.54, 1.807) is 6.07 Å². The van der Waals surface area contributed by atoms with Crippen LogP contribution in [-0.4, -0.2) is 23.0 Å². The summed E-state index contributed by atoms with van der Waals surface area (Å²) in [7, 11) is 0. The highest BCUT2D eigenvalue weighted by molar-refractivity contribution is 5.97. The van der Waals surface area contributed by atoms with Gasteiger partial charge in [0.05, 0.1) is 0 Å². The SMILES string of the molecule is CCC[C@@H](NC(=O)c1cc(C)ccc1C)C(=O)O. The zero-order valence-corrected chi connectivity index (χ0v) is 11.0. The van der Waals surface area contributed by atoms with Gasteiger partial charge in [-0.05, 0) is 31.9 Å². The second kappa shape index (κ2) is 6.19. The fourth-order valence-electron chi connectivity index (χ4n) is 1.76. The lowest BCUT2D eigenvalue weighted by molar-refractivity contribution is -0.139. The molecular weight excluding hydrogens is 230 g/mol. The summed E-state index contributed by atoms with van der Waals surface area (Å²) in [4.78, 5) is 23.0. The molecule has 0 aromatic heterocycles. The summed E-state index contributed by atoms with van der Waals surface area (Å²) in [6.45, 7) is 5.63. The number of carboxylic acid groups (broad SMARTS) is 1. The molecule has 0 aliphatic rings. The van der Waals surface area contributed by atoms with Crippen molar-refractivity contribution in [3.63, 3.8) is 0 Å². The highest BCUT2D eigenvalue weighted by atomic mass is 16.4. The van der Waals surface area contributed by atoms with Crippen LogP contribution in [0.4, 0.5) is 0 Å². The number of nitrogens with one attached hydrogen (secondary N) is 1. The van der Waals surface area contributed by atoms with E-state index in [2.05, 4.69) is 5.32 Å². The second-order valence-electron chi connectivity index (χ2n) is 4.47. The van der Waals surface area contributed by atoms with Gasteiger partial charge in [-0.2, -0.15) is 0 Å². The van der Waals surface area contributed by atoms with Crippen molar-refractivity contribution in [2.45, 2.75) is 39.7 Å². The average Bonchev–Trinajstić information content (AvgIpc) is 2.31. The van der Waals surface area contributed by atoms with Gasteiger partial charge in [0, 0.05) is 5.56 Å². The van der Waals surface area contributed by atoms with Crippen LogP contribution in [0, 0.1) is 13.8 Å². The van der Waals surface area contributed by atoms with Gasteiger partial charge in [-0.1, -0.05) is 31.0 Å². The van der Waals surface area contributed by atoms with Crippen LogP contribution >= 0.6 is 0 Å². The van der Waals surface area contributed by atoms with E-state index in [0.717, 1.165) is 11.1 Å². The van der Waals surface area contributed by atoms with Gasteiger partial charge >= 0.3 is 5.97 Å². The molecule has 4 heteroatoms. The minimum absolute atomic E-state index is 0.322. The molecule has 1 rings (SSSR count). The van der Waals surface area contributed by atoms with Crippen molar-refractivity contribution in [3.8, 4) is 0 Å². The van der Waals surface area contributed by atoms with Gasteiger partial charge in [0.1, 0.15) is 6.04 Å². The molecule has 0 aliphatic heterocycles. The zero-order valence-electron chi connectivity index (χ0n) is 11.0. The number of aryl methyl sites for hydroxylation is 2. The summed E-state index contributed by atoms with van der Waals surface area (Å²) in [5.41, 5.74) is 2.37. The Morgan fingerprint density at radius 2 is 2.00 bits per heavy atom. The molecule has 2 N–H and O–H groups in total. The second-order valence-corrected chi connectivity index (χ2v) is 4.47. The summed E-state index contributed by atoms with van der Waals surface area (Å²) in [6.07, 6.45) is 1.15. The molecule has 1 atom stereocenters. The molecule has 0 saturated carbocycles. The smallest absolute Gasteiger partial charge is 0.326 e. The summed E-state index contributed by atoms with van der Waals surface area (Å²) in [5, 5.41) is 11.6. The highest BCUT2D eigenvalue weighted by Gasteiger charge is 2.20. The summed E-state index contributed by atoms with van der Waals surface area (Å²) in [5.74, 6) is -1.31. The fraction of sp³-hybridized carbons (Fsp3) is 0.429. The van der Waals surface area contributed by atoms with Crippen LogP contribution in [0.5, 0.6) is 0 Å². The summed E-state index contributed by atoms with van der Waals surface area (Å²) >= 11 is 0. The van der Waals surface area contributed by atoms with Crippen molar-refractivity contribution in [2.75, 3.05) is 0 Å². The van der Waals surface area contributed by atoms with E-state index in [-0.39, 0.29) is 5.91 Å². The molecule has 4 nitrogen and oxygen atoms in total. The number of carboxylic acids is 1. The first-order valence-corrected chi connectivity index (χ1v) is 6.06. The lowest BCUT2D eigenvalue weighted by Crippen LogP contribution is -2.40. The molecule has 0 bridgehead atoms. The molecule has 1 aromatic rings. The fourth-order valence-corrected chi connectivity index (χ4v) is 1.76. The molecular formula is C14H19NO3. The minimum atomic E-state index is -0.990. The molecule has 0 unspecified atom stereocenters. The van der Waals surface area contributed by atoms with E-state index in [9.17, 15) is 9.59 Å². The monoisotopic (exact) mass is 249 g/mol. The van der Waals surface area contributed by atoms with Crippen LogP contribution < -0.4 is 5.32 Å². The quantitative estimate of drug-likeness (QED) is 0.841. The first kappa shape index (κ1) is 14.2. The molecule has 0 spiro atoms. The van der Waals surface area contributed by atoms with E-state index in [1.165, 1.54) is 0 Å². The molecule has 0 radical (unpaired) electrons. The van der Waals surface area contributed by atoms with E-state index in [4.69, 9.17) is 5.11 Å². The number of hydrogen-bond donors (Lipinski definition) is 2. The van der Waals surface area contributed by atoms with Crippen molar-refractivity contribution < 1.29 is 14.7 Å². The maximum absolute atomic E-state index is 12.0. The van der Waals surface area contributed by atoms with Crippen molar-refractivity contribution in [1.82, 2.24) is 5.32 Å². The van der Waals surface area contributed by atoms with Crippen LogP contribution in [0.2, 0.25) is 0 Å². The molecule has 98 valence electrons. The third-order valence-electron chi connectivity index (χ3n) is 2.82. The van der Waals surface area contributed by atoms with Crippen LogP contribution in [0.15, 0.2) is 18.2 Å². The predicted molar refractivity (Wildman–Crippen MR) is 69.7 cm³/mol. The van der Waals surface area contributed by atoms with Crippen LogP contribution in [0.1, 0.15) is 41.3 Å². The highest BCUT2D eigenvalue weighted by Crippen LogP contribution is 2.11. The van der Waals surface area contributed by atoms with Crippen LogP contribution in [-0.2, 0) is 4.79 Å². The van der Waals surface area contributed by atoms with Crippen molar-refractivity contribution in [1.29, 1.82) is 0 Å². The number of carbonyl (C=O) groups excluding carboxylic acids is 1. The number of hydrogen-bond acceptors (Lipinski definition) is 2. The number of aliphatic carboxylic acids is 1. The van der Waals surface area contributed by atoms with Gasteiger partial charge in [0.2, 0.25) is 0 Å². The summed E-state index contributed by atoms with van der Waals surface area (Å²) < 4.78 is 0. The topological polar surface area (TPSA) is 66.4 Å². The van der Waals surface area contributed by atoms with Gasteiger partial charge in [-0.3, -0.25) is 4.79 Å². The zero-order chi connectivity index (χ0) is 13.7. The number of carbonyl (C=O) groups is 2. The third-order valence-corrected chi connectivity index (χ3v) is 2.82. The standard InChI is InChI=1S/C14H19NO3/c1-4-5-12(14(17)18)15-13(16)11-8-9(2)6-7-10(11)3/h6-8,12H,4-5H2,1-3H3,(H,15,16)(H,17,18)/t12-/m1/s1. The van der Waals surface area contributed by atoms with E-state index < -0.39 is 12.0 Å². The molecule has 0 saturated heterocycles. The van der Waals surface area contributed by atoms with Crippen LogP contribution in [0.3, 0.4) is 0 Å². The Morgan fingerprint density at radius 1 is 1.33 bits per heavy atom. The molecule has 1 aromatic carbocycles. The third kappa shape index (κ3) is 3.58. The van der Waals surface area contributed by atoms with E-state index in [0.29, 0.717) is 18.4 Å². The molecule has 0 heterocycles. The van der Waals surface area contributed by atoms with E-state index in [1.807, 2.05) is 32.9 Å². The maximum atomic E-state index is 12.0. The maximum Gasteiger partial charge on any atom is 0.326 e. The Labute approximate surface area is 107 Å². The number of benzene rings is 1. The number of rotatable bonds is 5. The first-order chi connectivity index (χ1) is 8.45. The Hall–Kier alpha value is -1.84. The first-order valence-electron chi connectivity index (χ1n) is 6.06. The Morgan fingerprint density at radius 3 is 2.56 bits per heavy atom. The van der Waals surface area contributed by atoms with Gasteiger partial charge in [-0.15, -0.1) is 0 Å². The van der Waals surface area contributed by atoms with E-state index >= 15 is 0 Å². The molecule has 0 aliphatic carbocycles. The van der Waals surface area contributed by atoms with Gasteiger partial charge in [0.25, 0.3) is 5.91 Å². The molecule has 18 heavy (non-hydrogen) atoms.